The maximum absolute atomic E-state index is 12.7. The molecule has 0 aromatic heterocycles. The van der Waals surface area contributed by atoms with Gasteiger partial charge in [-0.1, -0.05) is 12.8 Å². The summed E-state index contributed by atoms with van der Waals surface area (Å²) in [6.07, 6.45) is 4.17. The minimum absolute atomic E-state index is 0.408. The Balaban J connectivity index is 1.61. The molecule has 0 saturated heterocycles. The minimum Gasteiger partial charge on any atom is -0.303 e. The summed E-state index contributed by atoms with van der Waals surface area (Å²) in [5.74, 6) is 1.61. The Morgan fingerprint density at radius 2 is 2.00 bits per heavy atom. The molecule has 3 atom stereocenters. The molecule has 1 unspecified atom stereocenters. The van der Waals surface area contributed by atoms with Crippen molar-refractivity contribution in [3.05, 3.63) is 0 Å². The quantitative estimate of drug-likeness (QED) is 0.740. The highest BCUT2D eigenvalue weighted by Gasteiger charge is 2.55. The van der Waals surface area contributed by atoms with Crippen LogP contribution in [0, 0.1) is 11.8 Å². The maximum Gasteiger partial charge on any atom is 0.256 e. The van der Waals surface area contributed by atoms with Crippen LogP contribution < -0.4 is 5.32 Å². The van der Waals surface area contributed by atoms with Crippen LogP contribution in [0.15, 0.2) is 0 Å². The second kappa shape index (κ2) is 2.91. The molecule has 3 fully saturated rings. The number of nitrogens with one attached hydrogen (secondary N) is 1. The standard InChI is InChI=1S/C11H17F2N/c12-10(13)11(4-5-11)14-9-3-1-2-7-6-8(7)9/h7-10,14H,1-6H2/t7-,8+,9?/m0/s1. The number of rotatable bonds is 3. The molecule has 14 heavy (non-hydrogen) atoms. The van der Waals surface area contributed by atoms with Crippen LogP contribution in [0.4, 0.5) is 8.78 Å². The highest BCUT2D eigenvalue weighted by atomic mass is 19.3. The van der Waals surface area contributed by atoms with Crippen LogP contribution in [-0.4, -0.2) is 18.0 Å². The molecule has 3 saturated carbocycles. The zero-order valence-electron chi connectivity index (χ0n) is 8.31. The molecular formula is C11H17F2N. The predicted octanol–water partition coefficient (Wildman–Crippen LogP) is 2.56. The van der Waals surface area contributed by atoms with Crippen LogP contribution in [0.2, 0.25) is 0 Å². The molecule has 3 rings (SSSR count). The van der Waals surface area contributed by atoms with Gasteiger partial charge in [-0.2, -0.15) is 0 Å². The molecule has 3 aliphatic carbocycles. The van der Waals surface area contributed by atoms with Crippen molar-refractivity contribution < 1.29 is 8.78 Å². The van der Waals surface area contributed by atoms with E-state index in [0.29, 0.717) is 18.9 Å². The molecule has 0 radical (unpaired) electrons. The van der Waals surface area contributed by atoms with Crippen LogP contribution in [0.1, 0.15) is 38.5 Å². The van der Waals surface area contributed by atoms with E-state index in [1.165, 1.54) is 19.3 Å². The fourth-order valence-corrected chi connectivity index (χ4v) is 3.02. The first kappa shape index (κ1) is 9.08. The maximum atomic E-state index is 12.7. The third-order valence-electron chi connectivity index (χ3n) is 4.26. The zero-order chi connectivity index (χ0) is 9.76. The van der Waals surface area contributed by atoms with Gasteiger partial charge in [0.25, 0.3) is 6.43 Å². The van der Waals surface area contributed by atoms with E-state index < -0.39 is 12.0 Å². The second-order valence-electron chi connectivity index (χ2n) is 5.30. The Morgan fingerprint density at radius 3 is 2.64 bits per heavy atom. The summed E-state index contributed by atoms with van der Waals surface area (Å²) < 4.78 is 25.4. The Kier molecular flexibility index (Phi) is 1.88. The molecule has 0 aliphatic heterocycles. The average molecular weight is 201 g/mol. The lowest BCUT2D eigenvalue weighted by Gasteiger charge is -2.28. The summed E-state index contributed by atoms with van der Waals surface area (Å²) in [5, 5.41) is 3.25. The summed E-state index contributed by atoms with van der Waals surface area (Å²) in [6.45, 7) is 0. The van der Waals surface area contributed by atoms with Gasteiger partial charge >= 0.3 is 0 Å². The largest absolute Gasteiger partial charge is 0.303 e. The van der Waals surface area contributed by atoms with Crippen molar-refractivity contribution in [3.63, 3.8) is 0 Å². The monoisotopic (exact) mass is 201 g/mol. The first-order chi connectivity index (χ1) is 6.71. The van der Waals surface area contributed by atoms with Gasteiger partial charge in [0.1, 0.15) is 0 Å². The van der Waals surface area contributed by atoms with Crippen molar-refractivity contribution in [1.29, 1.82) is 0 Å². The lowest BCUT2D eigenvalue weighted by Crippen LogP contribution is -2.46. The summed E-state index contributed by atoms with van der Waals surface area (Å²) in [6, 6.07) is 0.408. The third-order valence-corrected chi connectivity index (χ3v) is 4.26. The van der Waals surface area contributed by atoms with Crippen molar-refractivity contribution in [1.82, 2.24) is 5.32 Å². The number of hydrogen-bond donors (Lipinski definition) is 1. The normalized spacial score (nSPS) is 43.5. The van der Waals surface area contributed by atoms with Crippen LogP contribution in [0.25, 0.3) is 0 Å². The van der Waals surface area contributed by atoms with E-state index in [1.54, 1.807) is 0 Å². The second-order valence-corrected chi connectivity index (χ2v) is 5.30. The summed E-state index contributed by atoms with van der Waals surface area (Å²) in [7, 11) is 0. The molecule has 0 amide bonds. The molecule has 1 nitrogen and oxygen atoms in total. The number of hydrogen-bond acceptors (Lipinski definition) is 1. The van der Waals surface area contributed by atoms with Crippen LogP contribution in [0.3, 0.4) is 0 Å². The molecule has 1 N–H and O–H groups in total. The fourth-order valence-electron chi connectivity index (χ4n) is 3.02. The minimum atomic E-state index is -2.17. The van der Waals surface area contributed by atoms with Crippen molar-refractivity contribution in [2.75, 3.05) is 0 Å². The van der Waals surface area contributed by atoms with Crippen molar-refractivity contribution in [3.8, 4) is 0 Å². The van der Waals surface area contributed by atoms with Gasteiger partial charge in [-0.3, -0.25) is 0 Å². The van der Waals surface area contributed by atoms with E-state index in [0.717, 1.165) is 18.3 Å². The van der Waals surface area contributed by atoms with Gasteiger partial charge in [-0.15, -0.1) is 0 Å². The molecule has 0 bridgehead atoms. The van der Waals surface area contributed by atoms with Crippen molar-refractivity contribution >= 4 is 0 Å². The van der Waals surface area contributed by atoms with Gasteiger partial charge in [0, 0.05) is 6.04 Å². The highest BCUT2D eigenvalue weighted by Crippen LogP contribution is 2.52. The summed E-state index contributed by atoms with van der Waals surface area (Å²) in [4.78, 5) is 0. The van der Waals surface area contributed by atoms with Crippen LogP contribution in [0.5, 0.6) is 0 Å². The van der Waals surface area contributed by atoms with E-state index in [-0.39, 0.29) is 0 Å². The zero-order valence-corrected chi connectivity index (χ0v) is 8.31. The van der Waals surface area contributed by atoms with E-state index in [1.807, 2.05) is 0 Å². The Hall–Kier alpha value is -0.180. The SMILES string of the molecule is FC(F)C1(NC2CCC[C@H]3C[C@@H]23)CC1. The van der Waals surface area contributed by atoms with Crippen LogP contribution >= 0.6 is 0 Å². The smallest absolute Gasteiger partial charge is 0.256 e. The summed E-state index contributed by atoms with van der Waals surface area (Å²) >= 11 is 0. The topological polar surface area (TPSA) is 12.0 Å². The van der Waals surface area contributed by atoms with Crippen LogP contribution in [-0.2, 0) is 0 Å². The Bertz CT molecular complexity index is 237. The molecule has 80 valence electrons. The number of alkyl halides is 2. The van der Waals surface area contributed by atoms with Gasteiger partial charge in [0.15, 0.2) is 0 Å². The number of halogens is 2. The van der Waals surface area contributed by atoms with E-state index in [4.69, 9.17) is 0 Å². The molecule has 0 aromatic carbocycles. The third kappa shape index (κ3) is 1.37. The van der Waals surface area contributed by atoms with Crippen molar-refractivity contribution in [2.24, 2.45) is 11.8 Å². The van der Waals surface area contributed by atoms with E-state index in [9.17, 15) is 8.78 Å². The predicted molar refractivity (Wildman–Crippen MR) is 50.3 cm³/mol. The molecule has 3 aliphatic rings. The molecule has 0 spiro atoms. The van der Waals surface area contributed by atoms with Crippen molar-refractivity contribution in [2.45, 2.75) is 56.5 Å². The Morgan fingerprint density at radius 1 is 1.21 bits per heavy atom. The fraction of sp³-hybridized carbons (Fsp3) is 1.00. The lowest BCUT2D eigenvalue weighted by molar-refractivity contribution is 0.0738. The van der Waals surface area contributed by atoms with E-state index in [2.05, 4.69) is 5.32 Å². The molecule has 0 aromatic rings. The van der Waals surface area contributed by atoms with Gasteiger partial charge in [-0.05, 0) is 37.5 Å². The first-order valence-corrected chi connectivity index (χ1v) is 5.77. The lowest BCUT2D eigenvalue weighted by atomic mass is 9.94. The highest BCUT2D eigenvalue weighted by molar-refractivity contribution is 5.09. The van der Waals surface area contributed by atoms with Gasteiger partial charge < -0.3 is 5.32 Å². The van der Waals surface area contributed by atoms with Gasteiger partial charge in [0.05, 0.1) is 5.54 Å². The molecule has 3 heteroatoms. The van der Waals surface area contributed by atoms with Gasteiger partial charge in [-0.25, -0.2) is 8.78 Å². The number of fused-ring (bicyclic) bond motifs is 1. The van der Waals surface area contributed by atoms with Gasteiger partial charge in [0.2, 0.25) is 0 Å². The average Bonchev–Trinajstić information content (AvgIpc) is 2.97. The molecule has 0 heterocycles. The summed E-state index contributed by atoms with van der Waals surface area (Å²) in [5.41, 5.74) is -0.769. The molecular weight excluding hydrogens is 184 g/mol. The van der Waals surface area contributed by atoms with E-state index >= 15 is 0 Å². The Labute approximate surface area is 83.3 Å². The first-order valence-electron chi connectivity index (χ1n) is 5.77.